The quantitative estimate of drug-likeness (QED) is 0.644. The summed E-state index contributed by atoms with van der Waals surface area (Å²) in [6.45, 7) is 3.37. The summed E-state index contributed by atoms with van der Waals surface area (Å²) in [4.78, 5) is 14.9. The van der Waals surface area contributed by atoms with Gasteiger partial charge in [-0.2, -0.15) is 0 Å². The third-order valence-electron chi connectivity index (χ3n) is 5.54. The minimum atomic E-state index is -0.249. The second-order valence-electron chi connectivity index (χ2n) is 7.71. The Kier molecular flexibility index (Phi) is 6.44. The molecule has 1 atom stereocenters. The Morgan fingerprint density at radius 3 is 2.73 bits per heavy atom. The molecular formula is C24H27N3O3. The monoisotopic (exact) mass is 405 g/mol. The number of amides is 1. The van der Waals surface area contributed by atoms with E-state index in [0.717, 1.165) is 49.5 Å². The molecule has 0 spiro atoms. The Bertz CT molecular complexity index is 953. The Hall–Kier alpha value is -3.12. The van der Waals surface area contributed by atoms with Gasteiger partial charge in [0.05, 0.1) is 12.8 Å². The molecule has 1 saturated heterocycles. The van der Waals surface area contributed by atoms with Crippen LogP contribution in [-0.4, -0.2) is 36.2 Å². The van der Waals surface area contributed by atoms with Crippen molar-refractivity contribution in [3.8, 4) is 5.75 Å². The van der Waals surface area contributed by atoms with E-state index in [-0.39, 0.29) is 17.6 Å². The SMILES string of the molecule is COc1ccc(CNC(=O)c2cc(C3CCCN(Cc4ccccc4)C3)no2)cc1. The number of carbonyl (C=O) groups excluding carboxylic acids is 1. The van der Waals surface area contributed by atoms with Crippen molar-refractivity contribution < 1.29 is 14.1 Å². The fourth-order valence-corrected chi connectivity index (χ4v) is 3.88. The van der Waals surface area contributed by atoms with E-state index in [0.29, 0.717) is 6.54 Å². The highest BCUT2D eigenvalue weighted by molar-refractivity contribution is 5.91. The first kappa shape index (κ1) is 20.2. The average Bonchev–Trinajstić information content (AvgIpc) is 3.29. The molecule has 1 aliphatic heterocycles. The minimum Gasteiger partial charge on any atom is -0.497 e. The molecule has 2 aromatic carbocycles. The summed E-state index contributed by atoms with van der Waals surface area (Å²) in [5.41, 5.74) is 3.17. The molecule has 2 heterocycles. The maximum atomic E-state index is 12.5. The molecule has 6 heteroatoms. The Morgan fingerprint density at radius 2 is 1.97 bits per heavy atom. The molecule has 4 rings (SSSR count). The van der Waals surface area contributed by atoms with Gasteiger partial charge in [-0.15, -0.1) is 0 Å². The normalized spacial score (nSPS) is 16.9. The van der Waals surface area contributed by atoms with Crippen LogP contribution in [0.3, 0.4) is 0 Å². The number of nitrogens with zero attached hydrogens (tertiary/aromatic N) is 2. The summed E-state index contributed by atoms with van der Waals surface area (Å²) >= 11 is 0. The fraction of sp³-hybridized carbons (Fsp3) is 0.333. The number of nitrogens with one attached hydrogen (secondary N) is 1. The van der Waals surface area contributed by atoms with Crippen LogP contribution in [0.15, 0.2) is 65.2 Å². The van der Waals surface area contributed by atoms with Crippen LogP contribution in [0.1, 0.15) is 46.1 Å². The summed E-state index contributed by atoms with van der Waals surface area (Å²) in [5, 5.41) is 7.09. The van der Waals surface area contributed by atoms with Crippen molar-refractivity contribution in [3.05, 3.63) is 83.2 Å². The van der Waals surface area contributed by atoms with Gasteiger partial charge in [0.1, 0.15) is 5.75 Å². The van der Waals surface area contributed by atoms with Crippen molar-refractivity contribution in [2.75, 3.05) is 20.2 Å². The molecule has 0 aliphatic carbocycles. The summed E-state index contributed by atoms with van der Waals surface area (Å²) in [7, 11) is 1.63. The number of ether oxygens (including phenoxy) is 1. The first-order chi connectivity index (χ1) is 14.7. The molecule has 1 amide bonds. The van der Waals surface area contributed by atoms with Crippen molar-refractivity contribution in [2.24, 2.45) is 0 Å². The Balaban J connectivity index is 1.32. The van der Waals surface area contributed by atoms with Gasteiger partial charge in [0, 0.05) is 31.6 Å². The molecule has 3 aromatic rings. The highest BCUT2D eigenvalue weighted by Crippen LogP contribution is 2.27. The predicted octanol–water partition coefficient (Wildman–Crippen LogP) is 3.99. The summed E-state index contributed by atoms with van der Waals surface area (Å²) in [6.07, 6.45) is 2.17. The van der Waals surface area contributed by atoms with Gasteiger partial charge in [-0.3, -0.25) is 9.69 Å². The molecular weight excluding hydrogens is 378 g/mol. The van der Waals surface area contributed by atoms with E-state index in [1.165, 1.54) is 5.56 Å². The molecule has 0 bridgehead atoms. The van der Waals surface area contributed by atoms with E-state index in [4.69, 9.17) is 9.26 Å². The molecule has 1 unspecified atom stereocenters. The second kappa shape index (κ2) is 9.59. The third kappa shape index (κ3) is 5.07. The van der Waals surface area contributed by atoms with E-state index >= 15 is 0 Å². The zero-order valence-electron chi connectivity index (χ0n) is 17.2. The fourth-order valence-electron chi connectivity index (χ4n) is 3.88. The van der Waals surface area contributed by atoms with Gasteiger partial charge in [0.15, 0.2) is 0 Å². The second-order valence-corrected chi connectivity index (χ2v) is 7.71. The Labute approximate surface area is 176 Å². The standard InChI is InChI=1S/C24H27N3O3/c1-29-21-11-9-18(10-12-21)15-25-24(28)23-14-22(26-30-23)20-8-5-13-27(17-20)16-19-6-3-2-4-7-19/h2-4,6-7,9-12,14,20H,5,8,13,15-17H2,1H3,(H,25,28). The van der Waals surface area contributed by atoms with Gasteiger partial charge in [-0.05, 0) is 42.6 Å². The van der Waals surface area contributed by atoms with Crippen LogP contribution in [0.4, 0.5) is 0 Å². The van der Waals surface area contributed by atoms with Crippen molar-refractivity contribution in [1.29, 1.82) is 0 Å². The first-order valence-electron chi connectivity index (χ1n) is 10.4. The van der Waals surface area contributed by atoms with Crippen LogP contribution in [0.5, 0.6) is 5.75 Å². The van der Waals surface area contributed by atoms with E-state index in [1.54, 1.807) is 13.2 Å². The van der Waals surface area contributed by atoms with Crippen LogP contribution in [0.25, 0.3) is 0 Å². The predicted molar refractivity (Wildman–Crippen MR) is 114 cm³/mol. The molecule has 0 saturated carbocycles. The van der Waals surface area contributed by atoms with Gasteiger partial charge in [0.2, 0.25) is 5.76 Å². The van der Waals surface area contributed by atoms with Gasteiger partial charge < -0.3 is 14.6 Å². The number of piperidine rings is 1. The lowest BCUT2D eigenvalue weighted by atomic mass is 9.94. The van der Waals surface area contributed by atoms with Gasteiger partial charge in [-0.1, -0.05) is 47.6 Å². The number of benzene rings is 2. The van der Waals surface area contributed by atoms with Crippen LogP contribution in [0, 0.1) is 0 Å². The number of carbonyl (C=O) groups is 1. The topological polar surface area (TPSA) is 67.6 Å². The van der Waals surface area contributed by atoms with Crippen LogP contribution >= 0.6 is 0 Å². The van der Waals surface area contributed by atoms with Crippen molar-refractivity contribution in [1.82, 2.24) is 15.4 Å². The van der Waals surface area contributed by atoms with Crippen molar-refractivity contribution in [2.45, 2.75) is 31.8 Å². The van der Waals surface area contributed by atoms with Crippen LogP contribution in [-0.2, 0) is 13.1 Å². The van der Waals surface area contributed by atoms with E-state index in [2.05, 4.69) is 39.6 Å². The third-order valence-corrected chi connectivity index (χ3v) is 5.54. The first-order valence-corrected chi connectivity index (χ1v) is 10.4. The van der Waals surface area contributed by atoms with Crippen LogP contribution in [0.2, 0.25) is 0 Å². The summed E-state index contributed by atoms with van der Waals surface area (Å²) in [5.74, 6) is 1.09. The van der Waals surface area contributed by atoms with Gasteiger partial charge in [0.25, 0.3) is 5.91 Å². The molecule has 6 nitrogen and oxygen atoms in total. The molecule has 1 aromatic heterocycles. The number of hydrogen-bond acceptors (Lipinski definition) is 5. The molecule has 1 N–H and O–H groups in total. The minimum absolute atomic E-state index is 0.249. The lowest BCUT2D eigenvalue weighted by Crippen LogP contribution is -2.34. The van der Waals surface area contributed by atoms with Crippen LogP contribution < -0.4 is 10.1 Å². The average molecular weight is 405 g/mol. The zero-order valence-corrected chi connectivity index (χ0v) is 17.2. The Morgan fingerprint density at radius 1 is 1.17 bits per heavy atom. The summed E-state index contributed by atoms with van der Waals surface area (Å²) in [6, 6.07) is 19.9. The molecule has 1 fully saturated rings. The van der Waals surface area contributed by atoms with Crippen molar-refractivity contribution in [3.63, 3.8) is 0 Å². The van der Waals surface area contributed by atoms with Gasteiger partial charge >= 0.3 is 0 Å². The number of rotatable bonds is 7. The smallest absolute Gasteiger partial charge is 0.290 e. The number of hydrogen-bond donors (Lipinski definition) is 1. The molecule has 0 radical (unpaired) electrons. The van der Waals surface area contributed by atoms with Gasteiger partial charge in [-0.25, -0.2) is 0 Å². The highest BCUT2D eigenvalue weighted by Gasteiger charge is 2.25. The molecule has 30 heavy (non-hydrogen) atoms. The van der Waals surface area contributed by atoms with E-state index in [9.17, 15) is 4.79 Å². The summed E-state index contributed by atoms with van der Waals surface area (Å²) < 4.78 is 10.5. The lowest BCUT2D eigenvalue weighted by Gasteiger charge is -2.31. The molecule has 1 aliphatic rings. The maximum Gasteiger partial charge on any atom is 0.290 e. The lowest BCUT2D eigenvalue weighted by molar-refractivity contribution is 0.0913. The number of methoxy groups -OCH3 is 1. The number of likely N-dealkylation sites (tertiary alicyclic amines) is 1. The molecule has 156 valence electrons. The van der Waals surface area contributed by atoms with Crippen molar-refractivity contribution >= 4 is 5.91 Å². The highest BCUT2D eigenvalue weighted by atomic mass is 16.5. The number of aromatic nitrogens is 1. The zero-order chi connectivity index (χ0) is 20.8. The van der Waals surface area contributed by atoms with E-state index < -0.39 is 0 Å². The van der Waals surface area contributed by atoms with E-state index in [1.807, 2.05) is 30.3 Å². The largest absolute Gasteiger partial charge is 0.497 e. The maximum absolute atomic E-state index is 12.5.